The number of hydrogen-bond acceptors (Lipinski definition) is 6. The summed E-state index contributed by atoms with van der Waals surface area (Å²) >= 11 is 0. The molecule has 0 radical (unpaired) electrons. The predicted octanol–water partition coefficient (Wildman–Crippen LogP) is 3.90. The molecule has 0 spiro atoms. The van der Waals surface area contributed by atoms with Crippen LogP contribution in [0.2, 0.25) is 0 Å². The summed E-state index contributed by atoms with van der Waals surface area (Å²) in [6, 6.07) is 16.2. The number of benzene rings is 2. The number of nitrogens with one attached hydrogen (secondary N) is 1. The summed E-state index contributed by atoms with van der Waals surface area (Å²) in [5.74, 6) is -1.80. The van der Waals surface area contributed by atoms with Gasteiger partial charge in [0, 0.05) is 31.0 Å². The highest BCUT2D eigenvalue weighted by Crippen LogP contribution is 2.49. The summed E-state index contributed by atoms with van der Waals surface area (Å²) in [7, 11) is 2.24. The molecule has 3 aliphatic heterocycles. The van der Waals surface area contributed by atoms with Crippen molar-refractivity contribution in [3.05, 3.63) is 65.7 Å². The molecule has 1 saturated heterocycles. The first-order chi connectivity index (χ1) is 16.8. The number of carbonyl (C=O) groups is 2. The summed E-state index contributed by atoms with van der Waals surface area (Å²) in [5, 5.41) is 27.1. The van der Waals surface area contributed by atoms with Gasteiger partial charge in [0.1, 0.15) is 0 Å². The van der Waals surface area contributed by atoms with Gasteiger partial charge in [-0.1, -0.05) is 30.3 Å². The van der Waals surface area contributed by atoms with Gasteiger partial charge in [-0.3, -0.25) is 0 Å². The predicted molar refractivity (Wildman–Crippen MR) is 137 cm³/mol. The van der Waals surface area contributed by atoms with Crippen LogP contribution in [-0.2, 0) is 16.0 Å². The quantitative estimate of drug-likeness (QED) is 0.488. The molecule has 3 heterocycles. The Morgan fingerprint density at radius 2 is 1.63 bits per heavy atom. The van der Waals surface area contributed by atoms with E-state index in [2.05, 4.69) is 64.6 Å². The lowest BCUT2D eigenvalue weighted by Crippen LogP contribution is -2.34. The van der Waals surface area contributed by atoms with Crippen LogP contribution < -0.4 is 10.2 Å². The molecule has 4 N–H and O–H groups in total. The molecule has 35 heavy (non-hydrogen) atoms. The van der Waals surface area contributed by atoms with E-state index in [0.717, 1.165) is 13.0 Å². The van der Waals surface area contributed by atoms with Crippen molar-refractivity contribution >= 4 is 29.0 Å². The Morgan fingerprint density at radius 1 is 1.00 bits per heavy atom. The Hall–Kier alpha value is -3.36. The molecule has 0 bridgehead atoms. The molecule has 2 aromatic rings. The number of aliphatic carboxylic acids is 2. The van der Waals surface area contributed by atoms with E-state index in [-0.39, 0.29) is 6.61 Å². The largest absolute Gasteiger partial charge is 0.478 e. The Bertz CT molecular complexity index is 1030. The number of rotatable bonds is 3. The second kappa shape index (κ2) is 12.4. The summed E-state index contributed by atoms with van der Waals surface area (Å²) in [5.41, 5.74) is 7.16. The molecule has 2 aromatic carbocycles. The highest BCUT2D eigenvalue weighted by molar-refractivity contribution is 5.89. The first kappa shape index (κ1) is 26.2. The fourth-order valence-corrected chi connectivity index (χ4v) is 4.93. The van der Waals surface area contributed by atoms with E-state index in [1.165, 1.54) is 54.1 Å². The normalized spacial score (nSPS) is 18.7. The van der Waals surface area contributed by atoms with Gasteiger partial charge in [-0.25, -0.2) is 9.59 Å². The molecule has 3 aliphatic rings. The van der Waals surface area contributed by atoms with Crippen molar-refractivity contribution in [2.24, 2.45) is 5.92 Å². The van der Waals surface area contributed by atoms with Crippen LogP contribution in [0, 0.1) is 5.92 Å². The fourth-order valence-electron chi connectivity index (χ4n) is 4.93. The molecule has 0 aromatic heterocycles. The van der Waals surface area contributed by atoms with Crippen LogP contribution in [0.4, 0.5) is 17.1 Å². The molecule has 0 amide bonds. The van der Waals surface area contributed by atoms with Crippen LogP contribution in [0.1, 0.15) is 36.9 Å². The van der Waals surface area contributed by atoms with E-state index in [4.69, 9.17) is 15.3 Å². The number of carboxylic acids is 2. The Balaban J connectivity index is 0.000000265. The number of carboxylic acid groups (broad SMARTS) is 2. The van der Waals surface area contributed by atoms with Crippen molar-refractivity contribution < 1.29 is 24.9 Å². The van der Waals surface area contributed by atoms with E-state index in [1.807, 2.05) is 0 Å². The Kier molecular flexibility index (Phi) is 9.28. The first-order valence-corrected chi connectivity index (χ1v) is 12.0. The molecule has 5 rings (SSSR count). The molecule has 8 nitrogen and oxygen atoms in total. The summed E-state index contributed by atoms with van der Waals surface area (Å²) in [6.07, 6.45) is 4.84. The van der Waals surface area contributed by atoms with Gasteiger partial charge in [-0.05, 0) is 75.5 Å². The second-order valence-electron chi connectivity index (χ2n) is 8.86. The lowest BCUT2D eigenvalue weighted by Gasteiger charge is -2.35. The molecular formula is C27H35N3O5. The van der Waals surface area contributed by atoms with Gasteiger partial charge in [0.15, 0.2) is 0 Å². The van der Waals surface area contributed by atoms with Gasteiger partial charge in [-0.15, -0.1) is 0 Å². The van der Waals surface area contributed by atoms with Crippen molar-refractivity contribution in [1.82, 2.24) is 4.90 Å². The standard InChI is InChI=1S/C21H25N3.C4H4O4.C2H6O/c1-23-12-9-15(10-13-23)20-17-6-4-5-16-11-14-24(21(16)17)19-8-3-2-7-18(19)22-20;5-3(6)1-2-4(7)8;1-2-3/h2-8,15,20,22H,9-14H2,1H3;1-2H,(H,5,6)(H,7,8);3H,2H2,1H3/b;2-1+;. The number of piperidine rings is 1. The third kappa shape index (κ3) is 6.61. The van der Waals surface area contributed by atoms with E-state index in [9.17, 15) is 9.59 Å². The van der Waals surface area contributed by atoms with Crippen LogP contribution >= 0.6 is 0 Å². The molecule has 188 valence electrons. The second-order valence-corrected chi connectivity index (χ2v) is 8.86. The van der Waals surface area contributed by atoms with Gasteiger partial charge >= 0.3 is 11.9 Å². The number of likely N-dealkylation sites (tertiary alicyclic amines) is 1. The van der Waals surface area contributed by atoms with Crippen molar-refractivity contribution in [3.8, 4) is 0 Å². The van der Waals surface area contributed by atoms with Gasteiger partial charge in [0.25, 0.3) is 0 Å². The lowest BCUT2D eigenvalue weighted by atomic mass is 9.84. The van der Waals surface area contributed by atoms with Crippen LogP contribution in [0.3, 0.4) is 0 Å². The molecule has 1 unspecified atom stereocenters. The summed E-state index contributed by atoms with van der Waals surface area (Å²) in [4.78, 5) is 24.1. The number of aliphatic hydroxyl groups excluding tert-OH is 1. The summed E-state index contributed by atoms with van der Waals surface area (Å²) < 4.78 is 0. The maximum atomic E-state index is 9.55. The molecular weight excluding hydrogens is 446 g/mol. The number of anilines is 3. The SMILES string of the molecule is CCO.CN1CCC(C2Nc3ccccc3N3CCc4cccc2c43)CC1.O=C(O)/C=C/C(=O)O. The lowest BCUT2D eigenvalue weighted by molar-refractivity contribution is -0.134. The van der Waals surface area contributed by atoms with Crippen LogP contribution in [0.5, 0.6) is 0 Å². The van der Waals surface area contributed by atoms with Gasteiger partial charge in [0.2, 0.25) is 0 Å². The number of fused-ring (bicyclic) bond motifs is 2. The minimum Gasteiger partial charge on any atom is -0.478 e. The van der Waals surface area contributed by atoms with Crippen molar-refractivity contribution in [3.63, 3.8) is 0 Å². The maximum Gasteiger partial charge on any atom is 0.328 e. The molecule has 0 saturated carbocycles. The van der Waals surface area contributed by atoms with Crippen molar-refractivity contribution in [1.29, 1.82) is 0 Å². The Morgan fingerprint density at radius 3 is 2.26 bits per heavy atom. The average Bonchev–Trinajstić information content (AvgIpc) is 3.21. The number of para-hydroxylation sites is 3. The third-order valence-corrected chi connectivity index (χ3v) is 6.47. The van der Waals surface area contributed by atoms with E-state index in [0.29, 0.717) is 24.1 Å². The fraction of sp³-hybridized carbons (Fsp3) is 0.407. The van der Waals surface area contributed by atoms with Gasteiger partial charge < -0.3 is 30.4 Å². The monoisotopic (exact) mass is 481 g/mol. The van der Waals surface area contributed by atoms with Gasteiger partial charge in [-0.2, -0.15) is 0 Å². The average molecular weight is 482 g/mol. The zero-order valence-corrected chi connectivity index (χ0v) is 20.4. The van der Waals surface area contributed by atoms with Crippen molar-refractivity contribution in [2.45, 2.75) is 32.2 Å². The topological polar surface area (TPSA) is 113 Å². The summed E-state index contributed by atoms with van der Waals surface area (Å²) in [6.45, 7) is 5.46. The van der Waals surface area contributed by atoms with Gasteiger partial charge in [0.05, 0.1) is 17.4 Å². The zero-order chi connectivity index (χ0) is 25.4. The number of nitrogens with zero attached hydrogens (tertiary/aromatic N) is 2. The minimum atomic E-state index is -1.26. The Labute approximate surface area is 206 Å². The van der Waals surface area contributed by atoms with E-state index < -0.39 is 11.9 Å². The van der Waals surface area contributed by atoms with Crippen LogP contribution in [-0.4, -0.2) is 65.4 Å². The van der Waals surface area contributed by atoms with E-state index in [1.54, 1.807) is 6.92 Å². The molecule has 8 heteroatoms. The zero-order valence-electron chi connectivity index (χ0n) is 20.4. The third-order valence-electron chi connectivity index (χ3n) is 6.47. The molecule has 0 aliphatic carbocycles. The minimum absolute atomic E-state index is 0.250. The van der Waals surface area contributed by atoms with E-state index >= 15 is 0 Å². The number of aliphatic hydroxyl groups is 1. The van der Waals surface area contributed by atoms with Crippen LogP contribution in [0.15, 0.2) is 54.6 Å². The smallest absolute Gasteiger partial charge is 0.328 e. The molecule has 1 atom stereocenters. The number of hydrogen-bond donors (Lipinski definition) is 4. The maximum absolute atomic E-state index is 9.55. The van der Waals surface area contributed by atoms with Crippen molar-refractivity contribution in [2.75, 3.05) is 43.5 Å². The highest BCUT2D eigenvalue weighted by Gasteiger charge is 2.35. The highest BCUT2D eigenvalue weighted by atomic mass is 16.4. The van der Waals surface area contributed by atoms with Crippen LogP contribution in [0.25, 0.3) is 0 Å². The molecule has 1 fully saturated rings. The first-order valence-electron chi connectivity index (χ1n) is 12.0.